The van der Waals surface area contributed by atoms with Gasteiger partial charge in [0.25, 0.3) is 0 Å². The highest BCUT2D eigenvalue weighted by Crippen LogP contribution is 2.40. The maximum absolute atomic E-state index is 11.9. The van der Waals surface area contributed by atoms with E-state index in [0.29, 0.717) is 18.3 Å². The Kier molecular flexibility index (Phi) is 7.30. The number of carbonyl (C=O) groups excluding carboxylic acids is 2. The van der Waals surface area contributed by atoms with Crippen molar-refractivity contribution in [2.45, 2.75) is 72.0 Å². The highest BCUT2D eigenvalue weighted by Gasteiger charge is 2.40. The second-order valence-electron chi connectivity index (χ2n) is 8.13. The van der Waals surface area contributed by atoms with Gasteiger partial charge in [-0.3, -0.25) is 9.59 Å². The molecule has 158 valence electrons. The van der Waals surface area contributed by atoms with E-state index in [1.165, 1.54) is 0 Å². The number of rotatable bonds is 7. The van der Waals surface area contributed by atoms with E-state index in [-0.39, 0.29) is 46.0 Å². The number of allylic oxidation sites excluding steroid dienone is 3. The Balaban J connectivity index is 2.02. The largest absolute Gasteiger partial charge is 0.507 e. The highest BCUT2D eigenvalue weighted by molar-refractivity contribution is 6.33. The zero-order valence-electron chi connectivity index (χ0n) is 17.6. The Bertz CT molecular complexity index is 880. The lowest BCUT2D eigenvalue weighted by Gasteiger charge is -2.18. The maximum Gasteiger partial charge on any atom is 0.167 e. The van der Waals surface area contributed by atoms with Gasteiger partial charge in [-0.1, -0.05) is 29.3 Å². The molecule has 1 aliphatic heterocycles. The smallest absolute Gasteiger partial charge is 0.167 e. The standard InChI is InChI=1S/C23H29ClO5/c1-13(7-6-8-14(2)18-11-19(26)23(4,5)29-18)9-10-16-21(27)17(12-25)15(3)20(24)22(16)28/h8-9,12,18,27-28H,6-7,10-11H2,1-5H3. The van der Waals surface area contributed by atoms with Gasteiger partial charge in [-0.25, -0.2) is 0 Å². The Hall–Kier alpha value is -2.11. The molecule has 6 heteroatoms. The van der Waals surface area contributed by atoms with Gasteiger partial charge in [-0.2, -0.15) is 0 Å². The monoisotopic (exact) mass is 420 g/mol. The molecule has 2 rings (SSSR count). The molecular weight excluding hydrogens is 392 g/mol. The van der Waals surface area contributed by atoms with Crippen LogP contribution in [0.1, 0.15) is 68.4 Å². The van der Waals surface area contributed by atoms with Gasteiger partial charge in [0.15, 0.2) is 12.1 Å². The third kappa shape index (κ3) is 5.09. The number of phenolic OH excluding ortho intramolecular Hbond substituents is 2. The Labute approximate surface area is 177 Å². The van der Waals surface area contributed by atoms with Gasteiger partial charge < -0.3 is 14.9 Å². The normalized spacial score (nSPS) is 19.7. The van der Waals surface area contributed by atoms with Crippen LogP contribution in [0.4, 0.5) is 0 Å². The molecule has 1 saturated heterocycles. The SMILES string of the molecule is CC(=CCc1c(O)c(Cl)c(C)c(C=O)c1O)CCC=C(C)C1CC(=O)C(C)(C)O1. The van der Waals surface area contributed by atoms with Crippen molar-refractivity contribution in [3.05, 3.63) is 45.0 Å². The van der Waals surface area contributed by atoms with Crippen molar-refractivity contribution in [3.8, 4) is 11.5 Å². The molecule has 0 radical (unpaired) electrons. The molecule has 5 nitrogen and oxygen atoms in total. The topological polar surface area (TPSA) is 83.8 Å². The number of ketones is 1. The first-order valence-electron chi connectivity index (χ1n) is 9.71. The van der Waals surface area contributed by atoms with Crippen LogP contribution in [-0.4, -0.2) is 34.0 Å². The fourth-order valence-corrected chi connectivity index (χ4v) is 3.60. The molecule has 1 aliphatic rings. The Morgan fingerprint density at radius 1 is 1.24 bits per heavy atom. The number of Topliss-reactive ketones (excluding diaryl/α,β-unsaturated/α-hetero) is 1. The summed E-state index contributed by atoms with van der Waals surface area (Å²) in [6, 6.07) is 0. The quantitative estimate of drug-likeness (QED) is 0.466. The van der Waals surface area contributed by atoms with E-state index < -0.39 is 5.60 Å². The van der Waals surface area contributed by atoms with Crippen molar-refractivity contribution in [1.29, 1.82) is 0 Å². The predicted molar refractivity (Wildman–Crippen MR) is 114 cm³/mol. The molecule has 1 fully saturated rings. The minimum atomic E-state index is -0.713. The fraction of sp³-hybridized carbons (Fsp3) is 0.478. The first-order valence-corrected chi connectivity index (χ1v) is 10.1. The molecule has 0 spiro atoms. The number of carbonyl (C=O) groups is 2. The lowest BCUT2D eigenvalue weighted by molar-refractivity contribution is -0.129. The molecule has 1 aromatic carbocycles. The van der Waals surface area contributed by atoms with E-state index in [1.807, 2.05) is 19.9 Å². The number of aromatic hydroxyl groups is 2. The van der Waals surface area contributed by atoms with Crippen LogP contribution in [0.5, 0.6) is 11.5 Å². The minimum absolute atomic E-state index is 0.0820. The summed E-state index contributed by atoms with van der Waals surface area (Å²) in [6.45, 7) is 9.12. The van der Waals surface area contributed by atoms with E-state index >= 15 is 0 Å². The number of phenols is 2. The summed E-state index contributed by atoms with van der Waals surface area (Å²) < 4.78 is 5.83. The number of aldehydes is 1. The summed E-state index contributed by atoms with van der Waals surface area (Å²) >= 11 is 6.08. The van der Waals surface area contributed by atoms with Crippen molar-refractivity contribution < 1.29 is 24.5 Å². The maximum atomic E-state index is 11.9. The third-order valence-corrected chi connectivity index (χ3v) is 5.99. The average Bonchev–Trinajstić information content (AvgIpc) is 2.93. The van der Waals surface area contributed by atoms with Crippen molar-refractivity contribution in [2.24, 2.45) is 0 Å². The van der Waals surface area contributed by atoms with Gasteiger partial charge in [0.05, 0.1) is 16.7 Å². The minimum Gasteiger partial charge on any atom is -0.507 e. The summed E-state index contributed by atoms with van der Waals surface area (Å²) in [4.78, 5) is 23.1. The molecule has 1 aromatic rings. The highest BCUT2D eigenvalue weighted by atomic mass is 35.5. The van der Waals surface area contributed by atoms with Gasteiger partial charge in [0, 0.05) is 12.0 Å². The van der Waals surface area contributed by atoms with Crippen LogP contribution >= 0.6 is 11.6 Å². The summed E-state index contributed by atoms with van der Waals surface area (Å²) in [7, 11) is 0. The summed E-state index contributed by atoms with van der Waals surface area (Å²) in [5.74, 6) is -0.306. The van der Waals surface area contributed by atoms with Crippen LogP contribution in [0, 0.1) is 6.92 Å². The number of ether oxygens (including phenoxy) is 1. The first kappa shape index (κ1) is 23.2. The molecule has 0 amide bonds. The summed E-state index contributed by atoms with van der Waals surface area (Å²) in [6.07, 6.45) is 6.61. The molecule has 0 saturated carbocycles. The molecule has 29 heavy (non-hydrogen) atoms. The van der Waals surface area contributed by atoms with E-state index in [0.717, 1.165) is 24.0 Å². The second-order valence-corrected chi connectivity index (χ2v) is 8.51. The zero-order valence-corrected chi connectivity index (χ0v) is 18.4. The molecular formula is C23H29ClO5. The third-order valence-electron chi connectivity index (χ3n) is 5.53. The van der Waals surface area contributed by atoms with Crippen LogP contribution in [-0.2, 0) is 16.0 Å². The molecule has 1 unspecified atom stereocenters. The van der Waals surface area contributed by atoms with Crippen LogP contribution < -0.4 is 0 Å². The lowest BCUT2D eigenvalue weighted by atomic mass is 9.98. The summed E-state index contributed by atoms with van der Waals surface area (Å²) in [5, 5.41) is 20.6. The van der Waals surface area contributed by atoms with E-state index in [9.17, 15) is 19.8 Å². The van der Waals surface area contributed by atoms with E-state index in [2.05, 4.69) is 6.08 Å². The summed E-state index contributed by atoms with van der Waals surface area (Å²) in [5.41, 5.74) is 2.11. The van der Waals surface area contributed by atoms with Crippen molar-refractivity contribution in [1.82, 2.24) is 0 Å². The number of hydrogen-bond acceptors (Lipinski definition) is 5. The van der Waals surface area contributed by atoms with Crippen molar-refractivity contribution in [2.75, 3.05) is 0 Å². The fourth-order valence-electron chi connectivity index (χ4n) is 3.39. The molecule has 0 aliphatic carbocycles. The van der Waals surface area contributed by atoms with Crippen LogP contribution in [0.3, 0.4) is 0 Å². The second kappa shape index (κ2) is 9.14. The van der Waals surface area contributed by atoms with Gasteiger partial charge in [0.1, 0.15) is 17.1 Å². The molecule has 2 N–H and O–H groups in total. The van der Waals surface area contributed by atoms with Crippen LogP contribution in [0.2, 0.25) is 5.02 Å². The van der Waals surface area contributed by atoms with Gasteiger partial charge >= 0.3 is 0 Å². The molecule has 1 atom stereocenters. The average molecular weight is 421 g/mol. The predicted octanol–water partition coefficient (Wildman–Crippen LogP) is 5.22. The van der Waals surface area contributed by atoms with E-state index in [1.54, 1.807) is 20.8 Å². The first-order chi connectivity index (χ1) is 13.5. The van der Waals surface area contributed by atoms with Crippen LogP contribution in [0.25, 0.3) is 0 Å². The molecule has 0 aromatic heterocycles. The molecule has 0 bridgehead atoms. The Morgan fingerprint density at radius 3 is 2.45 bits per heavy atom. The Morgan fingerprint density at radius 2 is 1.90 bits per heavy atom. The molecule has 1 heterocycles. The van der Waals surface area contributed by atoms with E-state index in [4.69, 9.17) is 16.3 Å². The number of benzene rings is 1. The zero-order chi connectivity index (χ0) is 21.9. The van der Waals surface area contributed by atoms with Gasteiger partial charge in [-0.15, -0.1) is 0 Å². The van der Waals surface area contributed by atoms with Gasteiger partial charge in [0.2, 0.25) is 0 Å². The number of hydrogen-bond donors (Lipinski definition) is 2. The van der Waals surface area contributed by atoms with Gasteiger partial charge in [-0.05, 0) is 65.0 Å². The van der Waals surface area contributed by atoms with Crippen molar-refractivity contribution >= 4 is 23.7 Å². The lowest BCUT2D eigenvalue weighted by Crippen LogP contribution is -2.27. The van der Waals surface area contributed by atoms with Crippen molar-refractivity contribution in [3.63, 3.8) is 0 Å². The van der Waals surface area contributed by atoms with Crippen LogP contribution in [0.15, 0.2) is 23.3 Å². The number of halogens is 1.